The zero-order chi connectivity index (χ0) is 13.0. The maximum Gasteiger partial charge on any atom is 0.407 e. The highest BCUT2D eigenvalue weighted by Gasteiger charge is 2.29. The molecule has 96 valence electrons. The first-order valence-corrected chi connectivity index (χ1v) is 5.74. The molecule has 0 saturated carbocycles. The van der Waals surface area contributed by atoms with E-state index in [0.717, 1.165) is 0 Å². The minimum absolute atomic E-state index is 0.0301. The van der Waals surface area contributed by atoms with Crippen LogP contribution in [0.3, 0.4) is 0 Å². The summed E-state index contributed by atoms with van der Waals surface area (Å²) < 4.78 is 4.53. The molecule has 0 aliphatic carbocycles. The van der Waals surface area contributed by atoms with Gasteiger partial charge < -0.3 is 15.0 Å². The van der Waals surface area contributed by atoms with Gasteiger partial charge in [0.1, 0.15) is 6.04 Å². The molecule has 1 atom stereocenters. The molecule has 1 aliphatic heterocycles. The molecule has 17 heavy (non-hydrogen) atoms. The standard InChI is InChI=1S/C12H20N2O3/c1-8(2)10(13-12(16)17-4)11(15)14-6-5-9(3)7-14/h5,8,10H,6-7H2,1-4H3,(H,13,16). The monoisotopic (exact) mass is 240 g/mol. The summed E-state index contributed by atoms with van der Waals surface area (Å²) in [6.45, 7) is 7.05. The fraction of sp³-hybridized carbons (Fsp3) is 0.667. The van der Waals surface area contributed by atoms with Crippen LogP contribution in [-0.2, 0) is 9.53 Å². The second kappa shape index (κ2) is 5.70. The summed E-state index contributed by atoms with van der Waals surface area (Å²) in [7, 11) is 1.29. The Morgan fingerprint density at radius 2 is 2.12 bits per heavy atom. The number of ether oxygens (including phenoxy) is 1. The number of hydrogen-bond donors (Lipinski definition) is 1. The normalized spacial score (nSPS) is 16.8. The molecule has 0 saturated heterocycles. The Labute approximate surface area is 102 Å². The van der Waals surface area contributed by atoms with Gasteiger partial charge in [-0.1, -0.05) is 25.5 Å². The predicted molar refractivity (Wildman–Crippen MR) is 64.5 cm³/mol. The molecule has 5 nitrogen and oxygen atoms in total. The van der Waals surface area contributed by atoms with Crippen LogP contribution < -0.4 is 5.32 Å². The van der Waals surface area contributed by atoms with Crippen molar-refractivity contribution in [3.8, 4) is 0 Å². The highest BCUT2D eigenvalue weighted by molar-refractivity contribution is 5.86. The van der Waals surface area contributed by atoms with Gasteiger partial charge in [-0.05, 0) is 12.8 Å². The molecule has 2 amide bonds. The second-order valence-electron chi connectivity index (χ2n) is 4.63. The van der Waals surface area contributed by atoms with Crippen molar-refractivity contribution >= 4 is 12.0 Å². The van der Waals surface area contributed by atoms with Gasteiger partial charge in [-0.25, -0.2) is 4.79 Å². The highest BCUT2D eigenvalue weighted by Crippen LogP contribution is 2.13. The Morgan fingerprint density at radius 1 is 1.47 bits per heavy atom. The molecular formula is C12H20N2O3. The van der Waals surface area contributed by atoms with Crippen LogP contribution in [0.1, 0.15) is 20.8 Å². The Bertz CT molecular complexity index is 337. The van der Waals surface area contributed by atoms with E-state index in [-0.39, 0.29) is 11.8 Å². The summed E-state index contributed by atoms with van der Waals surface area (Å²) in [5.74, 6) is -0.0268. The Balaban J connectivity index is 2.64. The average molecular weight is 240 g/mol. The van der Waals surface area contributed by atoms with Gasteiger partial charge in [0, 0.05) is 13.1 Å². The van der Waals surface area contributed by atoms with Crippen molar-refractivity contribution < 1.29 is 14.3 Å². The molecule has 0 fully saturated rings. The average Bonchev–Trinajstić information content (AvgIpc) is 2.71. The third kappa shape index (κ3) is 3.47. The van der Waals surface area contributed by atoms with Crippen LogP contribution in [0.15, 0.2) is 11.6 Å². The zero-order valence-corrected chi connectivity index (χ0v) is 10.8. The van der Waals surface area contributed by atoms with E-state index in [9.17, 15) is 9.59 Å². The number of carbonyl (C=O) groups is 2. The first-order valence-electron chi connectivity index (χ1n) is 5.74. The van der Waals surface area contributed by atoms with Crippen molar-refractivity contribution in [3.05, 3.63) is 11.6 Å². The lowest BCUT2D eigenvalue weighted by Crippen LogP contribution is -2.50. The molecule has 1 unspecified atom stereocenters. The van der Waals surface area contributed by atoms with Gasteiger partial charge >= 0.3 is 6.09 Å². The summed E-state index contributed by atoms with van der Waals surface area (Å²) >= 11 is 0. The molecule has 0 aromatic heterocycles. The number of nitrogens with zero attached hydrogens (tertiary/aromatic N) is 1. The first-order chi connectivity index (χ1) is 7.95. The molecule has 0 bridgehead atoms. The molecular weight excluding hydrogens is 220 g/mol. The van der Waals surface area contributed by atoms with Crippen molar-refractivity contribution in [1.82, 2.24) is 10.2 Å². The maximum absolute atomic E-state index is 12.2. The molecule has 5 heteroatoms. The topological polar surface area (TPSA) is 58.6 Å². The third-order valence-electron chi connectivity index (χ3n) is 2.80. The summed E-state index contributed by atoms with van der Waals surface area (Å²) in [5, 5.41) is 2.58. The summed E-state index contributed by atoms with van der Waals surface area (Å²) in [5.41, 5.74) is 1.18. The van der Waals surface area contributed by atoms with E-state index < -0.39 is 12.1 Å². The lowest BCUT2D eigenvalue weighted by molar-refractivity contribution is -0.133. The summed E-state index contributed by atoms with van der Waals surface area (Å²) in [4.78, 5) is 25.1. The molecule has 1 rings (SSSR count). The molecule has 1 aliphatic rings. The lowest BCUT2D eigenvalue weighted by Gasteiger charge is -2.26. The SMILES string of the molecule is COC(=O)NC(C(=O)N1CC=C(C)C1)C(C)C. The van der Waals surface area contributed by atoms with E-state index in [0.29, 0.717) is 13.1 Å². The van der Waals surface area contributed by atoms with Crippen LogP contribution in [-0.4, -0.2) is 43.1 Å². The molecule has 1 heterocycles. The van der Waals surface area contributed by atoms with E-state index in [1.165, 1.54) is 12.7 Å². The van der Waals surface area contributed by atoms with Gasteiger partial charge in [0.05, 0.1) is 7.11 Å². The van der Waals surface area contributed by atoms with Gasteiger partial charge in [-0.15, -0.1) is 0 Å². The number of methoxy groups -OCH3 is 1. The number of amides is 2. The third-order valence-corrected chi connectivity index (χ3v) is 2.80. The minimum atomic E-state index is -0.569. The van der Waals surface area contributed by atoms with Crippen LogP contribution in [0.2, 0.25) is 0 Å². The van der Waals surface area contributed by atoms with Crippen molar-refractivity contribution in [2.75, 3.05) is 20.2 Å². The van der Waals surface area contributed by atoms with Crippen molar-refractivity contribution in [2.24, 2.45) is 5.92 Å². The van der Waals surface area contributed by atoms with Crippen molar-refractivity contribution in [1.29, 1.82) is 0 Å². The number of hydrogen-bond acceptors (Lipinski definition) is 3. The van der Waals surface area contributed by atoms with Crippen LogP contribution in [0.5, 0.6) is 0 Å². The molecule has 0 spiro atoms. The number of alkyl carbamates (subject to hydrolysis) is 1. The van der Waals surface area contributed by atoms with Gasteiger partial charge in [-0.3, -0.25) is 4.79 Å². The van der Waals surface area contributed by atoms with E-state index in [2.05, 4.69) is 10.1 Å². The van der Waals surface area contributed by atoms with Crippen molar-refractivity contribution in [2.45, 2.75) is 26.8 Å². The Hall–Kier alpha value is -1.52. The predicted octanol–water partition coefficient (Wildman–Crippen LogP) is 1.16. The van der Waals surface area contributed by atoms with Gasteiger partial charge in [0.2, 0.25) is 5.91 Å². The summed E-state index contributed by atoms with van der Waals surface area (Å²) in [6.07, 6.45) is 1.45. The molecule has 0 radical (unpaired) electrons. The summed E-state index contributed by atoms with van der Waals surface area (Å²) in [6, 6.07) is -0.526. The second-order valence-corrected chi connectivity index (χ2v) is 4.63. The van der Waals surface area contributed by atoms with Crippen LogP contribution >= 0.6 is 0 Å². The maximum atomic E-state index is 12.2. The quantitative estimate of drug-likeness (QED) is 0.753. The van der Waals surface area contributed by atoms with E-state index >= 15 is 0 Å². The van der Waals surface area contributed by atoms with Crippen LogP contribution in [0.25, 0.3) is 0 Å². The number of nitrogens with one attached hydrogen (secondary N) is 1. The zero-order valence-electron chi connectivity index (χ0n) is 10.8. The van der Waals surface area contributed by atoms with E-state index in [1.807, 2.05) is 26.8 Å². The van der Waals surface area contributed by atoms with Gasteiger partial charge in [0.25, 0.3) is 0 Å². The number of rotatable bonds is 3. The van der Waals surface area contributed by atoms with E-state index in [1.54, 1.807) is 4.90 Å². The largest absolute Gasteiger partial charge is 0.453 e. The van der Waals surface area contributed by atoms with Crippen molar-refractivity contribution in [3.63, 3.8) is 0 Å². The van der Waals surface area contributed by atoms with E-state index in [4.69, 9.17) is 0 Å². The Morgan fingerprint density at radius 3 is 2.53 bits per heavy atom. The highest BCUT2D eigenvalue weighted by atomic mass is 16.5. The van der Waals surface area contributed by atoms with Gasteiger partial charge in [0.15, 0.2) is 0 Å². The fourth-order valence-corrected chi connectivity index (χ4v) is 1.76. The fourth-order valence-electron chi connectivity index (χ4n) is 1.76. The first kappa shape index (κ1) is 13.5. The van der Waals surface area contributed by atoms with Crippen LogP contribution in [0.4, 0.5) is 4.79 Å². The lowest BCUT2D eigenvalue weighted by atomic mass is 10.0. The van der Waals surface area contributed by atoms with Crippen LogP contribution in [0, 0.1) is 5.92 Å². The Kier molecular flexibility index (Phi) is 4.54. The molecule has 0 aromatic rings. The van der Waals surface area contributed by atoms with Gasteiger partial charge in [-0.2, -0.15) is 0 Å². The minimum Gasteiger partial charge on any atom is -0.453 e. The smallest absolute Gasteiger partial charge is 0.407 e. The number of carbonyl (C=O) groups excluding carboxylic acids is 2. The molecule has 1 N–H and O–H groups in total. The molecule has 0 aromatic carbocycles.